The summed E-state index contributed by atoms with van der Waals surface area (Å²) in [6.45, 7) is 1.54. The number of H-pyrrole nitrogens is 1. The standard InChI is InChI=1S/C21H25N5O/c1-25-19(15-8-2-3-9-16(15)24-25)21(27)26-12-6-7-14(13-26)20-22-17-10-4-5-11-18(17)23-20/h4-5,10-11,14H,2-3,6-9,12-13H2,1H3,(H,22,23). The van der Waals surface area contributed by atoms with Crippen LogP contribution < -0.4 is 0 Å². The summed E-state index contributed by atoms with van der Waals surface area (Å²) in [5.74, 6) is 1.40. The molecule has 3 aromatic rings. The molecule has 1 aliphatic heterocycles. The molecule has 1 aliphatic carbocycles. The number of rotatable bonds is 2. The minimum absolute atomic E-state index is 0.133. The summed E-state index contributed by atoms with van der Waals surface area (Å²) in [6, 6.07) is 8.12. The minimum Gasteiger partial charge on any atom is -0.342 e. The molecule has 27 heavy (non-hydrogen) atoms. The largest absolute Gasteiger partial charge is 0.342 e. The Kier molecular flexibility index (Phi) is 3.99. The molecule has 140 valence electrons. The van der Waals surface area contributed by atoms with Gasteiger partial charge >= 0.3 is 0 Å². The Morgan fingerprint density at radius 2 is 2.04 bits per heavy atom. The number of benzene rings is 1. The molecular formula is C21H25N5O. The number of imidazole rings is 1. The van der Waals surface area contributed by atoms with Crippen LogP contribution in [0.15, 0.2) is 24.3 Å². The number of para-hydroxylation sites is 2. The van der Waals surface area contributed by atoms with Crippen LogP contribution >= 0.6 is 0 Å². The lowest BCUT2D eigenvalue weighted by atomic mass is 9.94. The number of hydrogen-bond donors (Lipinski definition) is 1. The Bertz CT molecular complexity index is 968. The second kappa shape index (κ2) is 6.51. The van der Waals surface area contributed by atoms with Crippen molar-refractivity contribution in [3.63, 3.8) is 0 Å². The van der Waals surface area contributed by atoms with Gasteiger partial charge in [-0.05, 0) is 50.7 Å². The molecule has 1 atom stereocenters. The van der Waals surface area contributed by atoms with E-state index in [1.165, 1.54) is 12.0 Å². The third-order valence-corrected chi connectivity index (χ3v) is 6.02. The smallest absolute Gasteiger partial charge is 0.272 e. The molecule has 3 heterocycles. The normalized spacial score (nSPS) is 20.0. The van der Waals surface area contributed by atoms with Crippen LogP contribution in [-0.2, 0) is 19.9 Å². The topological polar surface area (TPSA) is 66.8 Å². The van der Waals surface area contributed by atoms with Crippen molar-refractivity contribution in [2.75, 3.05) is 13.1 Å². The van der Waals surface area contributed by atoms with E-state index in [1.54, 1.807) is 0 Å². The monoisotopic (exact) mass is 363 g/mol. The molecule has 2 aliphatic rings. The summed E-state index contributed by atoms with van der Waals surface area (Å²) in [5, 5.41) is 4.62. The number of fused-ring (bicyclic) bond motifs is 2. The molecule has 0 radical (unpaired) electrons. The van der Waals surface area contributed by atoms with Crippen LogP contribution in [0.25, 0.3) is 11.0 Å². The maximum atomic E-state index is 13.3. The highest BCUT2D eigenvalue weighted by Gasteiger charge is 2.31. The summed E-state index contributed by atoms with van der Waals surface area (Å²) >= 11 is 0. The third kappa shape index (κ3) is 2.83. The molecule has 1 fully saturated rings. The van der Waals surface area contributed by atoms with E-state index in [9.17, 15) is 4.79 Å². The van der Waals surface area contributed by atoms with Crippen molar-refractivity contribution in [2.24, 2.45) is 7.05 Å². The molecule has 1 aromatic carbocycles. The number of likely N-dealkylation sites (tertiary alicyclic amines) is 1. The zero-order valence-electron chi connectivity index (χ0n) is 15.7. The first-order valence-electron chi connectivity index (χ1n) is 9.99. The van der Waals surface area contributed by atoms with Gasteiger partial charge in [0.05, 0.1) is 16.7 Å². The molecule has 5 rings (SSSR count). The molecule has 6 nitrogen and oxygen atoms in total. The zero-order chi connectivity index (χ0) is 18.4. The van der Waals surface area contributed by atoms with Gasteiger partial charge < -0.3 is 9.88 Å². The van der Waals surface area contributed by atoms with Crippen molar-refractivity contribution in [1.82, 2.24) is 24.6 Å². The van der Waals surface area contributed by atoms with Crippen LogP contribution in [0.5, 0.6) is 0 Å². The first kappa shape index (κ1) is 16.5. The first-order valence-corrected chi connectivity index (χ1v) is 9.99. The van der Waals surface area contributed by atoms with Crippen molar-refractivity contribution < 1.29 is 4.79 Å². The van der Waals surface area contributed by atoms with E-state index < -0.39 is 0 Å². The number of carbonyl (C=O) groups is 1. The molecule has 6 heteroatoms. The van der Waals surface area contributed by atoms with Gasteiger partial charge in [-0.2, -0.15) is 5.10 Å². The maximum Gasteiger partial charge on any atom is 0.272 e. The lowest BCUT2D eigenvalue weighted by Gasteiger charge is -2.32. The van der Waals surface area contributed by atoms with Crippen LogP contribution in [0, 0.1) is 0 Å². The number of amides is 1. The molecule has 0 bridgehead atoms. The van der Waals surface area contributed by atoms with E-state index in [-0.39, 0.29) is 11.8 Å². The van der Waals surface area contributed by atoms with Crippen molar-refractivity contribution in [3.05, 3.63) is 47.0 Å². The molecule has 2 aromatic heterocycles. The van der Waals surface area contributed by atoms with Crippen molar-refractivity contribution in [1.29, 1.82) is 0 Å². The van der Waals surface area contributed by atoms with Crippen molar-refractivity contribution >= 4 is 16.9 Å². The van der Waals surface area contributed by atoms with Crippen LogP contribution in [-0.4, -0.2) is 43.6 Å². The lowest BCUT2D eigenvalue weighted by molar-refractivity contribution is 0.0692. The quantitative estimate of drug-likeness (QED) is 0.760. The molecule has 1 unspecified atom stereocenters. The second-order valence-electron chi connectivity index (χ2n) is 7.83. The average molecular weight is 363 g/mol. The van der Waals surface area contributed by atoms with Gasteiger partial charge in [0.1, 0.15) is 11.5 Å². The molecule has 1 amide bonds. The van der Waals surface area contributed by atoms with Crippen molar-refractivity contribution in [2.45, 2.75) is 44.4 Å². The maximum absolute atomic E-state index is 13.3. The van der Waals surface area contributed by atoms with Gasteiger partial charge in [-0.1, -0.05) is 12.1 Å². The SMILES string of the molecule is Cn1nc2c(c1C(=O)N1CCCC(c3nc4ccccc4[nH]3)C1)CCCC2. The molecule has 0 saturated carbocycles. The predicted octanol–water partition coefficient (Wildman–Crippen LogP) is 3.20. The van der Waals surface area contributed by atoms with Gasteiger partial charge in [0.2, 0.25) is 0 Å². The number of nitrogens with zero attached hydrogens (tertiary/aromatic N) is 4. The summed E-state index contributed by atoms with van der Waals surface area (Å²) < 4.78 is 1.81. The van der Waals surface area contributed by atoms with Gasteiger partial charge in [0.15, 0.2) is 0 Å². The van der Waals surface area contributed by atoms with Gasteiger partial charge in [-0.15, -0.1) is 0 Å². The van der Waals surface area contributed by atoms with E-state index in [2.05, 4.69) is 16.1 Å². The van der Waals surface area contributed by atoms with Crippen molar-refractivity contribution in [3.8, 4) is 0 Å². The van der Waals surface area contributed by atoms with E-state index >= 15 is 0 Å². The molecule has 0 spiro atoms. The Morgan fingerprint density at radius 3 is 2.93 bits per heavy atom. The van der Waals surface area contributed by atoms with Crippen LogP contribution in [0.4, 0.5) is 0 Å². The Morgan fingerprint density at radius 1 is 1.19 bits per heavy atom. The number of carbonyl (C=O) groups excluding carboxylic acids is 1. The minimum atomic E-state index is 0.133. The van der Waals surface area contributed by atoms with E-state index in [0.29, 0.717) is 0 Å². The highest BCUT2D eigenvalue weighted by atomic mass is 16.2. The van der Waals surface area contributed by atoms with Crippen LogP contribution in [0.2, 0.25) is 0 Å². The summed E-state index contributed by atoms with van der Waals surface area (Å²) in [6.07, 6.45) is 6.37. The highest BCUT2D eigenvalue weighted by molar-refractivity contribution is 5.94. The van der Waals surface area contributed by atoms with Gasteiger partial charge in [-0.25, -0.2) is 4.98 Å². The summed E-state index contributed by atoms with van der Waals surface area (Å²) in [7, 11) is 1.91. The number of nitrogens with one attached hydrogen (secondary N) is 1. The fraction of sp³-hybridized carbons (Fsp3) is 0.476. The number of aryl methyl sites for hydroxylation is 2. The number of hydrogen-bond acceptors (Lipinski definition) is 3. The molecule has 1 N–H and O–H groups in total. The average Bonchev–Trinajstić information content (AvgIpc) is 3.27. The van der Waals surface area contributed by atoms with Crippen LogP contribution in [0.1, 0.15) is 59.2 Å². The molecule has 1 saturated heterocycles. The number of piperidine rings is 1. The lowest BCUT2D eigenvalue weighted by Crippen LogP contribution is -2.40. The fourth-order valence-electron chi connectivity index (χ4n) is 4.65. The fourth-order valence-corrected chi connectivity index (χ4v) is 4.65. The van der Waals surface area contributed by atoms with E-state index in [1.807, 2.05) is 34.8 Å². The highest BCUT2D eigenvalue weighted by Crippen LogP contribution is 2.30. The molecular weight excluding hydrogens is 338 g/mol. The Labute approximate surface area is 158 Å². The van der Waals surface area contributed by atoms with Gasteiger partial charge in [-0.3, -0.25) is 9.48 Å². The predicted molar refractivity (Wildman–Crippen MR) is 104 cm³/mol. The first-order chi connectivity index (χ1) is 13.2. The summed E-state index contributed by atoms with van der Waals surface area (Å²) in [5.41, 5.74) is 5.17. The van der Waals surface area contributed by atoms with Gasteiger partial charge in [0.25, 0.3) is 5.91 Å². The van der Waals surface area contributed by atoms with E-state index in [0.717, 1.165) is 73.4 Å². The second-order valence-corrected chi connectivity index (χ2v) is 7.83. The zero-order valence-corrected chi connectivity index (χ0v) is 15.7. The van der Waals surface area contributed by atoms with Crippen LogP contribution in [0.3, 0.4) is 0 Å². The number of aromatic nitrogens is 4. The van der Waals surface area contributed by atoms with E-state index in [4.69, 9.17) is 4.98 Å². The number of aromatic amines is 1. The Balaban J connectivity index is 1.41. The Hall–Kier alpha value is -2.63. The van der Waals surface area contributed by atoms with Gasteiger partial charge in [0, 0.05) is 31.6 Å². The summed E-state index contributed by atoms with van der Waals surface area (Å²) in [4.78, 5) is 23.6. The third-order valence-electron chi connectivity index (χ3n) is 6.02.